The fourth-order valence-electron chi connectivity index (χ4n) is 1.43. The molecular weight excluding hydrogens is 234 g/mol. The molecule has 0 bridgehead atoms. The Balaban J connectivity index is 2.55. The SMILES string of the molecule is CC(C)C(C)(O)CN[C@@H](C)c1ccc(Cl)cc1. The predicted octanol–water partition coefficient (Wildman–Crippen LogP) is 3.40. The van der Waals surface area contributed by atoms with Gasteiger partial charge in [0.2, 0.25) is 0 Å². The number of benzene rings is 1. The second-order valence-electron chi connectivity index (χ2n) is 5.17. The summed E-state index contributed by atoms with van der Waals surface area (Å²) >= 11 is 5.85. The minimum absolute atomic E-state index is 0.206. The highest BCUT2D eigenvalue weighted by molar-refractivity contribution is 6.30. The first-order valence-electron chi connectivity index (χ1n) is 6.04. The Morgan fingerprint density at radius 1 is 1.24 bits per heavy atom. The van der Waals surface area contributed by atoms with Crippen LogP contribution in [0.5, 0.6) is 0 Å². The number of hydrogen-bond donors (Lipinski definition) is 2. The van der Waals surface area contributed by atoms with Crippen LogP contribution in [-0.4, -0.2) is 17.3 Å². The lowest BCUT2D eigenvalue weighted by molar-refractivity contribution is 0.0122. The smallest absolute Gasteiger partial charge is 0.0766 e. The summed E-state index contributed by atoms with van der Waals surface area (Å²) < 4.78 is 0. The molecule has 0 saturated carbocycles. The molecule has 1 rings (SSSR count). The van der Waals surface area contributed by atoms with Crippen molar-refractivity contribution >= 4 is 11.6 Å². The molecule has 1 unspecified atom stereocenters. The molecule has 2 nitrogen and oxygen atoms in total. The van der Waals surface area contributed by atoms with Gasteiger partial charge in [-0.1, -0.05) is 37.6 Å². The van der Waals surface area contributed by atoms with Gasteiger partial charge in [0.25, 0.3) is 0 Å². The quantitative estimate of drug-likeness (QED) is 0.845. The average molecular weight is 256 g/mol. The van der Waals surface area contributed by atoms with Crippen molar-refractivity contribution in [1.82, 2.24) is 5.32 Å². The van der Waals surface area contributed by atoms with Gasteiger partial charge in [-0.3, -0.25) is 0 Å². The molecule has 0 aromatic heterocycles. The molecule has 0 radical (unpaired) electrons. The second kappa shape index (κ2) is 5.85. The Labute approximate surface area is 109 Å². The Kier molecular flexibility index (Phi) is 4.99. The Hall–Kier alpha value is -0.570. The molecule has 1 aromatic carbocycles. The lowest BCUT2D eigenvalue weighted by Gasteiger charge is -2.29. The third-order valence-corrected chi connectivity index (χ3v) is 3.63. The highest BCUT2D eigenvalue weighted by atomic mass is 35.5. The van der Waals surface area contributed by atoms with Crippen molar-refractivity contribution in [3.63, 3.8) is 0 Å². The summed E-state index contributed by atoms with van der Waals surface area (Å²) in [6.45, 7) is 8.57. The number of rotatable bonds is 5. The van der Waals surface area contributed by atoms with Gasteiger partial charge in [0.05, 0.1) is 5.60 Å². The van der Waals surface area contributed by atoms with Gasteiger partial charge in [-0.2, -0.15) is 0 Å². The zero-order valence-corrected chi connectivity index (χ0v) is 11.8. The largest absolute Gasteiger partial charge is 0.389 e. The predicted molar refractivity (Wildman–Crippen MR) is 73.3 cm³/mol. The molecule has 17 heavy (non-hydrogen) atoms. The minimum atomic E-state index is -0.680. The number of nitrogens with one attached hydrogen (secondary N) is 1. The second-order valence-corrected chi connectivity index (χ2v) is 5.60. The van der Waals surface area contributed by atoms with Gasteiger partial charge in [0.1, 0.15) is 0 Å². The maximum Gasteiger partial charge on any atom is 0.0766 e. The summed E-state index contributed by atoms with van der Waals surface area (Å²) in [6, 6.07) is 7.98. The zero-order chi connectivity index (χ0) is 13.1. The summed E-state index contributed by atoms with van der Waals surface area (Å²) in [5.41, 5.74) is 0.495. The third-order valence-electron chi connectivity index (χ3n) is 3.38. The van der Waals surface area contributed by atoms with E-state index >= 15 is 0 Å². The molecule has 0 aliphatic carbocycles. The van der Waals surface area contributed by atoms with Crippen LogP contribution >= 0.6 is 11.6 Å². The molecule has 2 N–H and O–H groups in total. The summed E-state index contributed by atoms with van der Waals surface area (Å²) in [6.07, 6.45) is 0. The van der Waals surface area contributed by atoms with Gasteiger partial charge in [-0.05, 0) is 37.5 Å². The highest BCUT2D eigenvalue weighted by Gasteiger charge is 2.25. The van der Waals surface area contributed by atoms with E-state index in [1.165, 1.54) is 5.56 Å². The van der Waals surface area contributed by atoms with Crippen LogP contribution in [0.15, 0.2) is 24.3 Å². The molecule has 2 atom stereocenters. The van der Waals surface area contributed by atoms with E-state index in [0.717, 1.165) is 5.02 Å². The highest BCUT2D eigenvalue weighted by Crippen LogP contribution is 2.19. The van der Waals surface area contributed by atoms with E-state index in [9.17, 15) is 5.11 Å². The van der Waals surface area contributed by atoms with Crippen LogP contribution in [0.2, 0.25) is 5.02 Å². The first-order chi connectivity index (χ1) is 7.83. The van der Waals surface area contributed by atoms with Crippen LogP contribution in [0.1, 0.15) is 39.3 Å². The van der Waals surface area contributed by atoms with Crippen LogP contribution in [0.4, 0.5) is 0 Å². The Morgan fingerprint density at radius 2 is 1.76 bits per heavy atom. The molecule has 0 spiro atoms. The van der Waals surface area contributed by atoms with E-state index in [1.807, 2.05) is 45.0 Å². The first kappa shape index (κ1) is 14.5. The molecule has 0 fully saturated rings. The summed E-state index contributed by atoms with van der Waals surface area (Å²) in [5, 5.41) is 14.2. The maximum absolute atomic E-state index is 10.1. The number of hydrogen-bond acceptors (Lipinski definition) is 2. The molecule has 1 aromatic rings. The molecule has 0 aliphatic rings. The third kappa shape index (κ3) is 4.30. The molecule has 0 aliphatic heterocycles. The van der Waals surface area contributed by atoms with Crippen molar-refractivity contribution in [3.8, 4) is 0 Å². The van der Waals surface area contributed by atoms with Gasteiger partial charge in [-0.15, -0.1) is 0 Å². The van der Waals surface area contributed by atoms with Crippen LogP contribution in [-0.2, 0) is 0 Å². The minimum Gasteiger partial charge on any atom is -0.389 e. The van der Waals surface area contributed by atoms with E-state index in [1.54, 1.807) is 0 Å². The molecule has 3 heteroatoms. The molecule has 0 amide bonds. The van der Waals surface area contributed by atoms with E-state index < -0.39 is 5.60 Å². The van der Waals surface area contributed by atoms with Gasteiger partial charge < -0.3 is 10.4 Å². The maximum atomic E-state index is 10.1. The van der Waals surface area contributed by atoms with Crippen LogP contribution in [0.3, 0.4) is 0 Å². The van der Waals surface area contributed by atoms with E-state index in [0.29, 0.717) is 6.54 Å². The van der Waals surface area contributed by atoms with Crippen LogP contribution in [0.25, 0.3) is 0 Å². The summed E-state index contributed by atoms with van der Waals surface area (Å²) in [5.74, 6) is 0.229. The van der Waals surface area contributed by atoms with Gasteiger partial charge in [-0.25, -0.2) is 0 Å². The molecule has 0 saturated heterocycles. The van der Waals surface area contributed by atoms with Crippen LogP contribution < -0.4 is 5.32 Å². The normalized spacial score (nSPS) is 16.9. The molecule has 96 valence electrons. The van der Waals surface area contributed by atoms with Gasteiger partial charge in [0, 0.05) is 17.6 Å². The van der Waals surface area contributed by atoms with E-state index in [4.69, 9.17) is 11.6 Å². The van der Waals surface area contributed by atoms with Crippen molar-refractivity contribution in [2.45, 2.75) is 39.3 Å². The van der Waals surface area contributed by atoms with Gasteiger partial charge in [0.15, 0.2) is 0 Å². The fraction of sp³-hybridized carbons (Fsp3) is 0.571. The fourth-order valence-corrected chi connectivity index (χ4v) is 1.56. The standard InChI is InChI=1S/C14H22ClNO/c1-10(2)14(4,17)9-16-11(3)12-5-7-13(15)8-6-12/h5-8,10-11,16-17H,9H2,1-4H3/t11-,14?/m0/s1. The van der Waals surface area contributed by atoms with Crippen molar-refractivity contribution < 1.29 is 5.11 Å². The van der Waals surface area contributed by atoms with Crippen molar-refractivity contribution in [1.29, 1.82) is 0 Å². The molecule has 0 heterocycles. The zero-order valence-electron chi connectivity index (χ0n) is 11.0. The first-order valence-corrected chi connectivity index (χ1v) is 6.42. The van der Waals surface area contributed by atoms with Crippen molar-refractivity contribution in [2.75, 3.05) is 6.54 Å². The Bertz CT molecular complexity index is 346. The number of aliphatic hydroxyl groups is 1. The summed E-state index contributed by atoms with van der Waals surface area (Å²) in [7, 11) is 0. The topological polar surface area (TPSA) is 32.3 Å². The molecular formula is C14H22ClNO. The Morgan fingerprint density at radius 3 is 2.24 bits per heavy atom. The van der Waals surface area contributed by atoms with Gasteiger partial charge >= 0.3 is 0 Å². The lowest BCUT2D eigenvalue weighted by atomic mass is 9.92. The average Bonchev–Trinajstić information content (AvgIpc) is 2.27. The van der Waals surface area contributed by atoms with Crippen LogP contribution in [0, 0.1) is 5.92 Å². The summed E-state index contributed by atoms with van der Waals surface area (Å²) in [4.78, 5) is 0. The van der Waals surface area contributed by atoms with E-state index in [2.05, 4.69) is 12.2 Å². The van der Waals surface area contributed by atoms with E-state index in [-0.39, 0.29) is 12.0 Å². The number of halogens is 1. The van der Waals surface area contributed by atoms with Crippen molar-refractivity contribution in [3.05, 3.63) is 34.9 Å². The monoisotopic (exact) mass is 255 g/mol. The lowest BCUT2D eigenvalue weighted by Crippen LogP contribution is -2.42. The van der Waals surface area contributed by atoms with Crippen molar-refractivity contribution in [2.24, 2.45) is 5.92 Å².